The summed E-state index contributed by atoms with van der Waals surface area (Å²) < 4.78 is 89.9. The minimum absolute atomic E-state index is 0.00883. The van der Waals surface area contributed by atoms with Crippen molar-refractivity contribution in [3.05, 3.63) is 65.5 Å². The lowest BCUT2D eigenvalue weighted by atomic mass is 10.0. The van der Waals surface area contributed by atoms with E-state index in [1.54, 1.807) is 6.92 Å². The number of hydrogen-bond acceptors (Lipinski definition) is 5. The monoisotopic (exact) mass is 506 g/mol. The van der Waals surface area contributed by atoms with E-state index < -0.39 is 66.2 Å². The van der Waals surface area contributed by atoms with Crippen molar-refractivity contribution in [1.82, 2.24) is 5.32 Å². The average molecular weight is 507 g/mol. The Balaban J connectivity index is 2.32. The molecule has 0 aromatic heterocycles. The Bertz CT molecular complexity index is 1240. The lowest BCUT2D eigenvalue weighted by Gasteiger charge is -2.23. The highest BCUT2D eigenvalue weighted by Gasteiger charge is 2.25. The summed E-state index contributed by atoms with van der Waals surface area (Å²) in [5, 5.41) is 2.50. The molecule has 0 aliphatic carbocycles. The van der Waals surface area contributed by atoms with Crippen LogP contribution >= 0.6 is 23.2 Å². The van der Waals surface area contributed by atoms with Gasteiger partial charge in [0.05, 0.1) is 19.5 Å². The van der Waals surface area contributed by atoms with Gasteiger partial charge in [-0.1, -0.05) is 24.3 Å². The number of nitrogens with two attached hydrogens (primary N) is 1. The Morgan fingerprint density at radius 3 is 2.30 bits per heavy atom. The second-order valence-corrected chi connectivity index (χ2v) is 7.16. The Kier molecular flexibility index (Phi) is 6.93. The molecule has 0 bridgehead atoms. The number of benzene rings is 2. The maximum absolute atomic E-state index is 13.3. The fraction of sp³-hybridized carbons (Fsp3) is 0.417. The van der Waals surface area contributed by atoms with Gasteiger partial charge in [-0.2, -0.15) is 0 Å². The molecule has 0 aliphatic heterocycles. The van der Waals surface area contributed by atoms with Gasteiger partial charge in [-0.15, -0.1) is 23.2 Å². The Morgan fingerprint density at radius 1 is 1.12 bits per heavy atom. The maximum Gasteiger partial charge on any atom is 0.328 e. The molecule has 0 spiro atoms. The summed E-state index contributed by atoms with van der Waals surface area (Å²) in [6.07, 6.45) is -0.207. The topological polar surface area (TPSA) is 84.7 Å². The van der Waals surface area contributed by atoms with Crippen molar-refractivity contribution >= 4 is 40.8 Å². The van der Waals surface area contributed by atoms with Crippen molar-refractivity contribution in [1.29, 1.82) is 0 Å². The normalized spacial score (nSPS) is 18.4. The molecule has 2 aromatic carbocycles. The van der Waals surface area contributed by atoms with Crippen LogP contribution in [0.5, 0.6) is 0 Å². The summed E-state index contributed by atoms with van der Waals surface area (Å²) in [6, 6.07) is 5.72. The number of anilines is 1. The highest BCUT2D eigenvalue weighted by molar-refractivity contribution is 6.18. The van der Waals surface area contributed by atoms with E-state index in [-0.39, 0.29) is 29.9 Å². The molecule has 180 valence electrons. The summed E-state index contributed by atoms with van der Waals surface area (Å²) in [7, 11) is 0. The van der Waals surface area contributed by atoms with Gasteiger partial charge in [-0.25, -0.2) is 9.18 Å². The number of carbonyl (C=O) groups excluding carboxylic acids is 2. The molecule has 0 saturated heterocycles. The van der Waals surface area contributed by atoms with Crippen LogP contribution in [0.25, 0.3) is 0 Å². The molecular formula is C24H30Cl2FN3O3. The van der Waals surface area contributed by atoms with E-state index in [0.29, 0.717) is 5.56 Å². The standard InChI is InChI=1S/C24H30Cl2FN3O3/c1-2-33-24(32)22(16-18-3-7-19(27)8-4-18)29-23(31)21(28)15-17-5-9-20(10-6-17)30(13-11-25)14-12-26/h3-10,21-22H,2,11-16,28H2,1H3,(H,29,31)/i9D,11D2,12D2,13D2,14D2. The molecule has 6 nitrogen and oxygen atoms in total. The number of hydrogen-bond donors (Lipinski definition) is 2. The number of rotatable bonds is 13. The molecule has 2 rings (SSSR count). The smallest absolute Gasteiger partial charge is 0.328 e. The van der Waals surface area contributed by atoms with Gasteiger partial charge in [0.1, 0.15) is 11.9 Å². The van der Waals surface area contributed by atoms with Crippen LogP contribution in [0.1, 0.15) is 30.4 Å². The summed E-state index contributed by atoms with van der Waals surface area (Å²) in [5.41, 5.74) is 6.26. The fourth-order valence-electron chi connectivity index (χ4n) is 2.87. The van der Waals surface area contributed by atoms with Gasteiger partial charge in [-0.05, 0) is 48.7 Å². The summed E-state index contributed by atoms with van der Waals surface area (Å²) in [6.45, 7) is -5.17. The van der Waals surface area contributed by atoms with Crippen molar-refractivity contribution in [2.75, 3.05) is 36.2 Å². The van der Waals surface area contributed by atoms with Crippen molar-refractivity contribution < 1.29 is 31.1 Å². The molecule has 0 fully saturated rings. The number of carbonyl (C=O) groups is 2. The number of esters is 1. The van der Waals surface area contributed by atoms with E-state index in [1.165, 1.54) is 30.3 Å². The van der Waals surface area contributed by atoms with Crippen LogP contribution in [0, 0.1) is 5.82 Å². The molecule has 0 radical (unpaired) electrons. The van der Waals surface area contributed by atoms with Gasteiger partial charge in [0.15, 0.2) is 0 Å². The van der Waals surface area contributed by atoms with E-state index in [1.807, 2.05) is 0 Å². The van der Waals surface area contributed by atoms with Gasteiger partial charge in [-0.3, -0.25) is 4.79 Å². The molecule has 2 unspecified atom stereocenters. The zero-order valence-corrected chi connectivity index (χ0v) is 19.2. The fourth-order valence-corrected chi connectivity index (χ4v) is 3.03. The molecule has 1 amide bonds. The van der Waals surface area contributed by atoms with Gasteiger partial charge < -0.3 is 20.7 Å². The van der Waals surface area contributed by atoms with Crippen molar-refractivity contribution in [2.45, 2.75) is 31.8 Å². The molecule has 0 saturated carbocycles. The second kappa shape index (κ2) is 14.0. The first-order chi connectivity index (χ1) is 19.1. The zero-order chi connectivity index (χ0) is 32.3. The molecule has 0 aliphatic rings. The van der Waals surface area contributed by atoms with Gasteiger partial charge in [0, 0.05) is 42.2 Å². The van der Waals surface area contributed by atoms with E-state index >= 15 is 0 Å². The molecular weight excluding hydrogens is 468 g/mol. The van der Waals surface area contributed by atoms with Crippen molar-refractivity contribution in [2.24, 2.45) is 5.73 Å². The minimum Gasteiger partial charge on any atom is -0.464 e. The SMILES string of the molecule is [2H]c1cc(CC(N)C(=O)NC(Cc2ccc(F)cc2)C(=O)OCC)ccc1N(C([2H])([2H])C([2H])([2H])Cl)C([2H])([2H])C([2H])([2H])Cl. The van der Waals surface area contributed by atoms with Crippen LogP contribution in [0.2, 0.25) is 0 Å². The van der Waals surface area contributed by atoms with Crippen LogP contribution < -0.4 is 16.0 Å². The highest BCUT2D eigenvalue weighted by Crippen LogP contribution is 2.16. The van der Waals surface area contributed by atoms with Crippen LogP contribution in [-0.4, -0.2) is 55.2 Å². The van der Waals surface area contributed by atoms with E-state index in [2.05, 4.69) is 5.32 Å². The second-order valence-electron chi connectivity index (χ2n) is 6.78. The summed E-state index contributed by atoms with van der Waals surface area (Å²) in [4.78, 5) is 25.4. The van der Waals surface area contributed by atoms with Crippen LogP contribution in [0.15, 0.2) is 48.5 Å². The molecule has 33 heavy (non-hydrogen) atoms. The quantitative estimate of drug-likeness (QED) is 0.321. The minimum atomic E-state index is -3.40. The predicted molar refractivity (Wildman–Crippen MR) is 130 cm³/mol. The van der Waals surface area contributed by atoms with Gasteiger partial charge in [0.25, 0.3) is 0 Å². The first-order valence-electron chi connectivity index (χ1n) is 14.4. The van der Waals surface area contributed by atoms with Gasteiger partial charge >= 0.3 is 5.97 Å². The van der Waals surface area contributed by atoms with Crippen LogP contribution in [-0.2, 0) is 27.2 Å². The molecule has 0 heterocycles. The van der Waals surface area contributed by atoms with E-state index in [4.69, 9.17) is 46.0 Å². The van der Waals surface area contributed by atoms with Crippen LogP contribution in [0.4, 0.5) is 10.1 Å². The first-order valence-corrected chi connectivity index (χ1v) is 10.6. The van der Waals surface area contributed by atoms with Crippen molar-refractivity contribution in [3.8, 4) is 0 Å². The first kappa shape index (κ1) is 16.3. The maximum atomic E-state index is 13.3. The van der Waals surface area contributed by atoms with Crippen LogP contribution in [0.3, 0.4) is 0 Å². The zero-order valence-electron chi connectivity index (χ0n) is 26.7. The lowest BCUT2D eigenvalue weighted by Crippen LogP contribution is -2.50. The molecule has 2 aromatic rings. The predicted octanol–water partition coefficient (Wildman–Crippen LogP) is 3.27. The molecule has 3 N–H and O–H groups in total. The number of ether oxygens (including phenoxy) is 1. The Labute approximate surface area is 216 Å². The van der Waals surface area contributed by atoms with E-state index in [9.17, 15) is 14.0 Å². The van der Waals surface area contributed by atoms with E-state index in [0.717, 1.165) is 12.1 Å². The average Bonchev–Trinajstić information content (AvgIpc) is 2.84. The summed E-state index contributed by atoms with van der Waals surface area (Å²) >= 11 is 11.1. The van der Waals surface area contributed by atoms with Crippen molar-refractivity contribution in [3.63, 3.8) is 0 Å². The number of nitrogens with zero attached hydrogens (tertiary/aromatic N) is 1. The lowest BCUT2D eigenvalue weighted by molar-refractivity contribution is -0.147. The Hall–Kier alpha value is -2.35. The summed E-state index contributed by atoms with van der Waals surface area (Å²) in [5.74, 6) is -8.47. The Morgan fingerprint density at radius 2 is 1.73 bits per heavy atom. The largest absolute Gasteiger partial charge is 0.464 e. The number of nitrogens with one attached hydrogen (secondary N) is 1. The third-order valence-corrected chi connectivity index (χ3v) is 4.61. The molecule has 2 atom stereocenters. The number of alkyl halides is 2. The highest BCUT2D eigenvalue weighted by atomic mass is 35.5. The third-order valence-electron chi connectivity index (χ3n) is 4.44. The number of amides is 1. The van der Waals surface area contributed by atoms with Gasteiger partial charge in [0.2, 0.25) is 5.91 Å². The molecule has 9 heteroatoms. The third kappa shape index (κ3) is 8.84. The number of halogens is 3.